The van der Waals surface area contributed by atoms with Crippen molar-refractivity contribution in [2.45, 2.75) is 45.2 Å². The lowest BCUT2D eigenvalue weighted by atomic mass is 10.1. The van der Waals surface area contributed by atoms with Crippen LogP contribution in [0.3, 0.4) is 0 Å². The van der Waals surface area contributed by atoms with Crippen molar-refractivity contribution in [1.82, 2.24) is 4.90 Å². The summed E-state index contributed by atoms with van der Waals surface area (Å²) in [6.07, 6.45) is 6.23. The van der Waals surface area contributed by atoms with Crippen LogP contribution in [0.1, 0.15) is 43.2 Å². The van der Waals surface area contributed by atoms with Crippen molar-refractivity contribution in [3.8, 4) is 11.5 Å². The van der Waals surface area contributed by atoms with E-state index in [2.05, 4.69) is 39.5 Å². The largest absolute Gasteiger partial charge is 0.490 e. The fourth-order valence-electron chi connectivity index (χ4n) is 3.98. The van der Waals surface area contributed by atoms with Gasteiger partial charge in [0.15, 0.2) is 17.5 Å². The number of hydrogen-bond acceptors (Lipinski definition) is 4. The first kappa shape index (κ1) is 20.5. The highest BCUT2D eigenvalue weighted by Crippen LogP contribution is 2.32. The van der Waals surface area contributed by atoms with Crippen LogP contribution < -0.4 is 20.5 Å². The van der Waals surface area contributed by atoms with Gasteiger partial charge in [-0.05, 0) is 49.2 Å². The van der Waals surface area contributed by atoms with E-state index in [1.54, 1.807) is 0 Å². The molecule has 2 aromatic rings. The Hall–Kier alpha value is -2.73. The maximum atomic E-state index is 6.12. The molecule has 6 heteroatoms. The number of likely N-dealkylation sites (tertiary alicyclic amines) is 1. The summed E-state index contributed by atoms with van der Waals surface area (Å²) >= 11 is 0. The van der Waals surface area contributed by atoms with E-state index < -0.39 is 0 Å². The molecule has 0 aliphatic carbocycles. The second kappa shape index (κ2) is 10.3. The Morgan fingerprint density at radius 3 is 2.50 bits per heavy atom. The van der Waals surface area contributed by atoms with Crippen molar-refractivity contribution in [2.24, 2.45) is 10.7 Å². The molecule has 1 fully saturated rings. The second-order valence-electron chi connectivity index (χ2n) is 8.05. The molecular weight excluding hydrogens is 376 g/mol. The van der Waals surface area contributed by atoms with Gasteiger partial charge in [-0.25, -0.2) is 4.99 Å². The number of nitrogens with zero attached hydrogens (tertiary/aromatic N) is 2. The van der Waals surface area contributed by atoms with Crippen molar-refractivity contribution in [1.29, 1.82) is 0 Å². The Labute approximate surface area is 179 Å². The van der Waals surface area contributed by atoms with Crippen molar-refractivity contribution in [3.05, 3.63) is 53.6 Å². The Morgan fingerprint density at radius 2 is 1.67 bits per heavy atom. The Balaban J connectivity index is 1.34. The van der Waals surface area contributed by atoms with Gasteiger partial charge < -0.3 is 20.5 Å². The first-order valence-electron chi connectivity index (χ1n) is 11.0. The molecule has 1 saturated heterocycles. The molecule has 160 valence electrons. The maximum Gasteiger partial charge on any atom is 0.193 e. The lowest BCUT2D eigenvalue weighted by Crippen LogP contribution is -2.24. The average molecular weight is 409 g/mol. The SMILES string of the molecule is NC(=NCc1cccc(CN2CCCCCC2)c1)Nc1ccc2c(c1)OCCCO2. The molecule has 0 radical (unpaired) electrons. The standard InChI is InChI=1S/C24H32N4O2/c25-24(27-21-9-10-22-23(16-21)30-14-6-13-29-22)26-17-19-7-5-8-20(15-19)18-28-11-3-1-2-4-12-28/h5,7-10,15-16H,1-4,6,11-14,17-18H2,(H3,25,26,27). The van der Waals surface area contributed by atoms with Gasteiger partial charge in [0.05, 0.1) is 19.8 Å². The highest BCUT2D eigenvalue weighted by molar-refractivity contribution is 5.92. The molecule has 0 atom stereocenters. The third-order valence-electron chi connectivity index (χ3n) is 5.55. The molecule has 3 N–H and O–H groups in total. The molecule has 6 nitrogen and oxygen atoms in total. The summed E-state index contributed by atoms with van der Waals surface area (Å²) in [6, 6.07) is 14.4. The van der Waals surface area contributed by atoms with Gasteiger partial charge in [0, 0.05) is 24.7 Å². The van der Waals surface area contributed by atoms with Gasteiger partial charge in [0.2, 0.25) is 0 Å². The van der Waals surface area contributed by atoms with Crippen molar-refractivity contribution in [2.75, 3.05) is 31.6 Å². The molecule has 30 heavy (non-hydrogen) atoms. The van der Waals surface area contributed by atoms with Crippen LogP contribution in [-0.2, 0) is 13.1 Å². The molecule has 2 aliphatic heterocycles. The molecule has 0 unspecified atom stereocenters. The summed E-state index contributed by atoms with van der Waals surface area (Å²) in [5.41, 5.74) is 9.49. The summed E-state index contributed by atoms with van der Waals surface area (Å²) in [5.74, 6) is 1.91. The lowest BCUT2D eigenvalue weighted by molar-refractivity contribution is 0.277. The molecular formula is C24H32N4O2. The van der Waals surface area contributed by atoms with Crippen LogP contribution in [0.25, 0.3) is 0 Å². The summed E-state index contributed by atoms with van der Waals surface area (Å²) in [4.78, 5) is 7.09. The zero-order chi connectivity index (χ0) is 20.6. The highest BCUT2D eigenvalue weighted by Gasteiger charge is 2.11. The Bertz CT molecular complexity index is 860. The monoisotopic (exact) mass is 408 g/mol. The van der Waals surface area contributed by atoms with Gasteiger partial charge >= 0.3 is 0 Å². The van der Waals surface area contributed by atoms with E-state index in [-0.39, 0.29) is 0 Å². The predicted octanol–water partition coefficient (Wildman–Crippen LogP) is 4.15. The van der Waals surface area contributed by atoms with E-state index in [1.165, 1.54) is 49.9 Å². The fourth-order valence-corrected chi connectivity index (χ4v) is 3.98. The van der Waals surface area contributed by atoms with Gasteiger partial charge in [-0.15, -0.1) is 0 Å². The topological polar surface area (TPSA) is 72.1 Å². The number of benzene rings is 2. The molecule has 2 heterocycles. The third-order valence-corrected chi connectivity index (χ3v) is 5.55. The summed E-state index contributed by atoms with van der Waals surface area (Å²) in [6.45, 7) is 5.32. The number of aliphatic imine (C=N–C) groups is 1. The molecule has 2 aromatic carbocycles. The van der Waals surface area contributed by atoms with Crippen LogP contribution >= 0.6 is 0 Å². The van der Waals surface area contributed by atoms with Crippen molar-refractivity contribution < 1.29 is 9.47 Å². The minimum Gasteiger partial charge on any atom is -0.490 e. The minimum atomic E-state index is 0.391. The lowest BCUT2D eigenvalue weighted by Gasteiger charge is -2.20. The quantitative estimate of drug-likeness (QED) is 0.574. The molecule has 0 amide bonds. The summed E-state index contributed by atoms with van der Waals surface area (Å²) < 4.78 is 11.4. The van der Waals surface area contributed by atoms with Crippen molar-refractivity contribution >= 4 is 11.6 Å². The highest BCUT2D eigenvalue weighted by atomic mass is 16.5. The maximum absolute atomic E-state index is 6.12. The van der Waals surface area contributed by atoms with E-state index in [0.717, 1.165) is 30.2 Å². The molecule has 0 saturated carbocycles. The Kier molecular flexibility index (Phi) is 7.08. The van der Waals surface area contributed by atoms with Gasteiger partial charge in [-0.3, -0.25) is 4.90 Å². The van der Waals surface area contributed by atoms with Gasteiger partial charge in [0.25, 0.3) is 0 Å². The van der Waals surface area contributed by atoms with Crippen LogP contribution in [0.4, 0.5) is 5.69 Å². The number of fused-ring (bicyclic) bond motifs is 1. The second-order valence-corrected chi connectivity index (χ2v) is 8.05. The number of hydrogen-bond donors (Lipinski definition) is 2. The smallest absolute Gasteiger partial charge is 0.193 e. The first-order chi connectivity index (χ1) is 14.8. The number of anilines is 1. The van der Waals surface area contributed by atoms with Gasteiger partial charge in [0.1, 0.15) is 0 Å². The van der Waals surface area contributed by atoms with E-state index in [4.69, 9.17) is 15.2 Å². The molecule has 0 bridgehead atoms. The van der Waals surface area contributed by atoms with Crippen LogP contribution in [0.2, 0.25) is 0 Å². The minimum absolute atomic E-state index is 0.391. The van der Waals surface area contributed by atoms with E-state index in [1.807, 2.05) is 18.2 Å². The normalized spacial score (nSPS) is 17.8. The number of nitrogens with one attached hydrogen (secondary N) is 1. The number of nitrogens with two attached hydrogens (primary N) is 1. The number of ether oxygens (including phenoxy) is 2. The third kappa shape index (κ3) is 5.89. The first-order valence-corrected chi connectivity index (χ1v) is 11.0. The molecule has 0 aromatic heterocycles. The van der Waals surface area contributed by atoms with Gasteiger partial charge in [-0.1, -0.05) is 37.1 Å². The van der Waals surface area contributed by atoms with E-state index in [9.17, 15) is 0 Å². The summed E-state index contributed by atoms with van der Waals surface area (Å²) in [5, 5.41) is 3.15. The molecule has 0 spiro atoms. The average Bonchev–Trinajstić information content (AvgIpc) is 3.15. The van der Waals surface area contributed by atoms with Crippen LogP contribution in [-0.4, -0.2) is 37.2 Å². The molecule has 2 aliphatic rings. The summed E-state index contributed by atoms with van der Waals surface area (Å²) in [7, 11) is 0. The fraction of sp³-hybridized carbons (Fsp3) is 0.458. The van der Waals surface area contributed by atoms with E-state index in [0.29, 0.717) is 25.7 Å². The van der Waals surface area contributed by atoms with Crippen molar-refractivity contribution in [3.63, 3.8) is 0 Å². The number of rotatable bonds is 5. The van der Waals surface area contributed by atoms with Crippen LogP contribution in [0.15, 0.2) is 47.5 Å². The van der Waals surface area contributed by atoms with E-state index >= 15 is 0 Å². The van der Waals surface area contributed by atoms with Crippen LogP contribution in [0.5, 0.6) is 11.5 Å². The predicted molar refractivity (Wildman–Crippen MR) is 121 cm³/mol. The number of guanidine groups is 1. The Morgan fingerprint density at radius 1 is 0.900 bits per heavy atom. The zero-order valence-corrected chi connectivity index (χ0v) is 17.6. The van der Waals surface area contributed by atoms with Crippen LogP contribution in [0, 0.1) is 0 Å². The van der Waals surface area contributed by atoms with Gasteiger partial charge in [-0.2, -0.15) is 0 Å². The zero-order valence-electron chi connectivity index (χ0n) is 17.6. The molecule has 4 rings (SSSR count).